The summed E-state index contributed by atoms with van der Waals surface area (Å²) in [7, 11) is 0. The molecule has 0 aromatic rings. The van der Waals surface area contributed by atoms with Gasteiger partial charge >= 0.3 is 17.9 Å². The number of carbonyl (C=O) groups excluding carboxylic acids is 3. The number of hydrogen-bond acceptors (Lipinski definition) is 6. The van der Waals surface area contributed by atoms with Crippen molar-refractivity contribution in [2.75, 3.05) is 13.2 Å². The lowest BCUT2D eigenvalue weighted by Gasteiger charge is -2.18. The third-order valence-corrected chi connectivity index (χ3v) is 12.1. The molecule has 0 fully saturated rings. The van der Waals surface area contributed by atoms with Crippen molar-refractivity contribution in [3.63, 3.8) is 0 Å². The predicted octanol–water partition coefficient (Wildman–Crippen LogP) is 18.3. The maximum absolute atomic E-state index is 12.8. The Morgan fingerprint density at radius 1 is 0.328 bits per heavy atom. The van der Waals surface area contributed by atoms with Crippen LogP contribution in [0.4, 0.5) is 0 Å². The molecule has 1 unspecified atom stereocenters. The zero-order valence-electron chi connectivity index (χ0n) is 42.6. The van der Waals surface area contributed by atoms with Gasteiger partial charge in [-0.1, -0.05) is 236 Å². The Hall–Kier alpha value is -2.63. The maximum atomic E-state index is 12.8. The van der Waals surface area contributed by atoms with Crippen LogP contribution in [0.5, 0.6) is 0 Å². The van der Waals surface area contributed by atoms with Gasteiger partial charge in [-0.05, 0) is 77.0 Å². The van der Waals surface area contributed by atoms with Crippen molar-refractivity contribution in [2.24, 2.45) is 0 Å². The van der Waals surface area contributed by atoms with E-state index in [0.29, 0.717) is 19.3 Å². The molecule has 372 valence electrons. The summed E-state index contributed by atoms with van der Waals surface area (Å²) < 4.78 is 16.8. The van der Waals surface area contributed by atoms with Crippen LogP contribution in [0.25, 0.3) is 0 Å². The van der Waals surface area contributed by atoms with Gasteiger partial charge in [0.2, 0.25) is 0 Å². The van der Waals surface area contributed by atoms with Crippen molar-refractivity contribution in [1.29, 1.82) is 0 Å². The molecule has 0 rings (SSSR count). The van der Waals surface area contributed by atoms with Crippen LogP contribution in [0.2, 0.25) is 0 Å². The lowest BCUT2D eigenvalue weighted by molar-refractivity contribution is -0.167. The fraction of sp³-hybridized carbons (Fsp3) is 0.810. The van der Waals surface area contributed by atoms with E-state index in [1.54, 1.807) is 0 Å². The number of hydrogen-bond donors (Lipinski definition) is 0. The van der Waals surface area contributed by atoms with E-state index >= 15 is 0 Å². The van der Waals surface area contributed by atoms with Gasteiger partial charge < -0.3 is 14.2 Å². The van der Waals surface area contributed by atoms with Crippen LogP contribution in [0.15, 0.2) is 48.6 Å². The normalized spacial score (nSPS) is 12.4. The first-order valence-electron chi connectivity index (χ1n) is 27.6. The summed E-state index contributed by atoms with van der Waals surface area (Å²) in [5.41, 5.74) is 0. The highest BCUT2D eigenvalue weighted by molar-refractivity contribution is 5.71. The average Bonchev–Trinajstić information content (AvgIpc) is 3.29. The second-order valence-corrected chi connectivity index (χ2v) is 18.5. The van der Waals surface area contributed by atoms with E-state index in [2.05, 4.69) is 69.4 Å². The molecule has 0 saturated heterocycles. The van der Waals surface area contributed by atoms with E-state index in [-0.39, 0.29) is 31.1 Å². The molecule has 0 amide bonds. The number of unbranched alkanes of at least 4 members (excludes halogenated alkanes) is 31. The van der Waals surface area contributed by atoms with Crippen molar-refractivity contribution in [2.45, 2.75) is 290 Å². The van der Waals surface area contributed by atoms with Crippen molar-refractivity contribution >= 4 is 17.9 Å². The summed E-state index contributed by atoms with van der Waals surface area (Å²) in [6.07, 6.45) is 63.8. The number of esters is 3. The minimum absolute atomic E-state index is 0.0781. The van der Waals surface area contributed by atoms with Crippen molar-refractivity contribution in [3.8, 4) is 0 Å². The first-order chi connectivity index (χ1) is 31.5. The summed E-state index contributed by atoms with van der Waals surface area (Å²) >= 11 is 0. The highest BCUT2D eigenvalue weighted by atomic mass is 16.6. The van der Waals surface area contributed by atoms with Crippen LogP contribution in [-0.2, 0) is 28.6 Å². The van der Waals surface area contributed by atoms with Gasteiger partial charge in [0.15, 0.2) is 6.10 Å². The van der Waals surface area contributed by atoms with Gasteiger partial charge in [-0.2, -0.15) is 0 Å². The van der Waals surface area contributed by atoms with E-state index in [4.69, 9.17) is 14.2 Å². The second-order valence-electron chi connectivity index (χ2n) is 18.5. The highest BCUT2D eigenvalue weighted by Gasteiger charge is 2.19. The van der Waals surface area contributed by atoms with Crippen LogP contribution in [0.3, 0.4) is 0 Å². The van der Waals surface area contributed by atoms with E-state index in [1.807, 2.05) is 0 Å². The lowest BCUT2D eigenvalue weighted by Crippen LogP contribution is -2.30. The third-order valence-electron chi connectivity index (χ3n) is 12.1. The van der Waals surface area contributed by atoms with Gasteiger partial charge in [-0.15, -0.1) is 0 Å². The summed E-state index contributed by atoms with van der Waals surface area (Å²) in [5.74, 6) is -0.886. The molecular formula is C58H104O6. The quantitative estimate of drug-likeness (QED) is 0.0262. The molecule has 0 aliphatic heterocycles. The molecule has 0 N–H and O–H groups in total. The molecule has 0 spiro atoms. The van der Waals surface area contributed by atoms with Crippen LogP contribution in [0.1, 0.15) is 284 Å². The summed E-state index contributed by atoms with van der Waals surface area (Å²) in [5, 5.41) is 0. The van der Waals surface area contributed by atoms with Crippen LogP contribution >= 0.6 is 0 Å². The summed E-state index contributed by atoms with van der Waals surface area (Å²) in [6.45, 7) is 6.53. The molecule has 0 heterocycles. The molecule has 64 heavy (non-hydrogen) atoms. The van der Waals surface area contributed by atoms with Crippen LogP contribution in [-0.4, -0.2) is 37.2 Å². The van der Waals surface area contributed by atoms with Gasteiger partial charge in [0.1, 0.15) is 13.2 Å². The van der Waals surface area contributed by atoms with Gasteiger partial charge in [0, 0.05) is 19.3 Å². The van der Waals surface area contributed by atoms with Crippen LogP contribution in [0, 0.1) is 0 Å². The maximum Gasteiger partial charge on any atom is 0.306 e. The van der Waals surface area contributed by atoms with E-state index < -0.39 is 6.10 Å². The predicted molar refractivity (Wildman–Crippen MR) is 275 cm³/mol. The minimum atomic E-state index is -0.780. The summed E-state index contributed by atoms with van der Waals surface area (Å²) in [4.78, 5) is 38.0. The SMILES string of the molecule is CC/C=C\C/C=C\C/C=C\CCCCCCCC(=O)OC(COC(=O)CCCCCCCCCCC/C=C\CCCCCCCC)COC(=O)CCCCCCCCCCCCCC. The lowest BCUT2D eigenvalue weighted by atomic mass is 10.0. The molecule has 0 aromatic heterocycles. The van der Waals surface area contributed by atoms with Gasteiger partial charge in [-0.25, -0.2) is 0 Å². The molecule has 0 aliphatic carbocycles. The monoisotopic (exact) mass is 897 g/mol. The fourth-order valence-electron chi connectivity index (χ4n) is 7.92. The van der Waals surface area contributed by atoms with E-state index in [0.717, 1.165) is 96.3 Å². The Morgan fingerprint density at radius 2 is 0.609 bits per heavy atom. The van der Waals surface area contributed by atoms with Crippen molar-refractivity contribution in [1.82, 2.24) is 0 Å². The first kappa shape index (κ1) is 61.4. The zero-order valence-corrected chi connectivity index (χ0v) is 42.6. The second kappa shape index (κ2) is 53.0. The topological polar surface area (TPSA) is 78.9 Å². The molecule has 1 atom stereocenters. The molecule has 0 saturated carbocycles. The number of ether oxygens (including phenoxy) is 3. The van der Waals surface area contributed by atoms with Crippen LogP contribution < -0.4 is 0 Å². The molecular weight excluding hydrogens is 793 g/mol. The zero-order chi connectivity index (χ0) is 46.5. The number of allylic oxidation sites excluding steroid dienone is 8. The Morgan fingerprint density at radius 3 is 0.969 bits per heavy atom. The highest BCUT2D eigenvalue weighted by Crippen LogP contribution is 2.16. The first-order valence-corrected chi connectivity index (χ1v) is 27.6. The third kappa shape index (κ3) is 50.4. The van der Waals surface area contributed by atoms with Crippen molar-refractivity contribution < 1.29 is 28.6 Å². The Balaban J connectivity index is 4.34. The molecule has 0 bridgehead atoms. The molecule has 0 aliphatic rings. The molecule has 0 aromatic carbocycles. The Bertz CT molecular complexity index is 1120. The minimum Gasteiger partial charge on any atom is -0.462 e. The van der Waals surface area contributed by atoms with E-state index in [9.17, 15) is 14.4 Å². The Labute approximate surface area is 397 Å². The van der Waals surface area contributed by atoms with Gasteiger partial charge in [-0.3, -0.25) is 14.4 Å². The van der Waals surface area contributed by atoms with Crippen molar-refractivity contribution in [3.05, 3.63) is 48.6 Å². The van der Waals surface area contributed by atoms with E-state index in [1.165, 1.54) is 148 Å². The smallest absolute Gasteiger partial charge is 0.306 e. The molecule has 6 nitrogen and oxygen atoms in total. The largest absolute Gasteiger partial charge is 0.462 e. The molecule has 0 radical (unpaired) electrons. The van der Waals surface area contributed by atoms with Gasteiger partial charge in [0.05, 0.1) is 0 Å². The Kier molecular flexibility index (Phi) is 50.8. The molecule has 6 heteroatoms. The number of rotatable bonds is 50. The fourth-order valence-corrected chi connectivity index (χ4v) is 7.92. The summed E-state index contributed by atoms with van der Waals surface area (Å²) in [6, 6.07) is 0. The average molecular weight is 897 g/mol. The van der Waals surface area contributed by atoms with Gasteiger partial charge in [0.25, 0.3) is 0 Å². The number of carbonyl (C=O) groups is 3. The standard InChI is InChI=1S/C58H104O6/c1-4-7-10-13-16-19-22-25-27-28-29-30-32-33-36-39-42-45-48-51-57(60)63-54-55(53-62-56(59)50-47-44-41-38-35-24-21-18-15-12-9-6-3)64-58(61)52-49-46-43-40-37-34-31-26-23-20-17-14-11-8-5-2/h8,11,17,20,25-27,31,55H,4-7,9-10,12-16,18-19,21-24,28-30,32-54H2,1-3H3/b11-8-,20-17-,27-25-,31-26-.